The van der Waals surface area contributed by atoms with Crippen molar-refractivity contribution in [2.75, 3.05) is 5.32 Å². The maximum absolute atomic E-state index is 10.9. The molecule has 0 aliphatic rings. The van der Waals surface area contributed by atoms with E-state index >= 15 is 0 Å². The van der Waals surface area contributed by atoms with E-state index in [2.05, 4.69) is 5.32 Å². The van der Waals surface area contributed by atoms with Crippen molar-refractivity contribution in [3.63, 3.8) is 0 Å². The molecule has 0 spiro atoms. The number of carbonyl (C=O) groups excluding carboxylic acids is 1. The average Bonchev–Trinajstić information content (AvgIpc) is 2.45. The third kappa shape index (κ3) is 2.41. The smallest absolute Gasteiger partial charge is 0.282 e. The van der Waals surface area contributed by atoms with Gasteiger partial charge < -0.3 is 5.11 Å². The van der Waals surface area contributed by atoms with E-state index in [9.17, 15) is 9.90 Å². The predicted octanol–water partition coefficient (Wildman–Crippen LogP) is 0.721. The lowest BCUT2D eigenvalue weighted by Crippen LogP contribution is -2.43. The molecule has 1 unspecified atom stereocenters. The van der Waals surface area contributed by atoms with Gasteiger partial charge in [0.15, 0.2) is 7.05 Å². The lowest BCUT2D eigenvalue weighted by atomic mass is 9.84. The molecule has 1 heterocycles. The standard InChI is InChI=1S/C11H18N2O3/c1-7(14)11(3,4)9-6-10(12-8(2)15)16-13(9)5/h6-7,14H,1-5H3/p+1. The molecular weight excluding hydrogens is 208 g/mol. The number of nitrogens with zero attached hydrogens (tertiary/aromatic N) is 1. The van der Waals surface area contributed by atoms with Crippen molar-refractivity contribution in [1.82, 2.24) is 0 Å². The van der Waals surface area contributed by atoms with Gasteiger partial charge in [-0.1, -0.05) is 0 Å². The predicted molar refractivity (Wildman–Crippen MR) is 58.9 cm³/mol. The Morgan fingerprint density at radius 2 is 2.19 bits per heavy atom. The summed E-state index contributed by atoms with van der Waals surface area (Å²) in [7, 11) is 1.74. The summed E-state index contributed by atoms with van der Waals surface area (Å²) < 4.78 is 6.89. The van der Waals surface area contributed by atoms with Gasteiger partial charge in [-0.05, 0) is 25.5 Å². The van der Waals surface area contributed by atoms with Crippen LogP contribution in [0, 0.1) is 0 Å². The van der Waals surface area contributed by atoms with E-state index in [-0.39, 0.29) is 5.91 Å². The summed E-state index contributed by atoms with van der Waals surface area (Å²) in [4.78, 5) is 10.9. The molecule has 0 saturated carbocycles. The van der Waals surface area contributed by atoms with Crippen LogP contribution in [0.5, 0.6) is 0 Å². The first kappa shape index (κ1) is 12.7. The topological polar surface area (TPSA) is 66.3 Å². The van der Waals surface area contributed by atoms with Gasteiger partial charge >= 0.3 is 0 Å². The molecule has 0 radical (unpaired) electrons. The highest BCUT2D eigenvalue weighted by molar-refractivity contribution is 5.87. The van der Waals surface area contributed by atoms with Crippen molar-refractivity contribution in [1.29, 1.82) is 0 Å². The van der Waals surface area contributed by atoms with E-state index in [1.807, 2.05) is 13.8 Å². The number of aromatic nitrogens is 1. The first-order chi connectivity index (χ1) is 7.25. The van der Waals surface area contributed by atoms with Crippen LogP contribution in [0.4, 0.5) is 5.88 Å². The molecule has 1 rings (SSSR count). The SMILES string of the molecule is CC(=O)Nc1cc(C(C)(C)C(C)O)[n+](C)o1. The number of hydrogen-bond donors (Lipinski definition) is 2. The second kappa shape index (κ2) is 4.25. The summed E-state index contributed by atoms with van der Waals surface area (Å²) >= 11 is 0. The third-order valence-corrected chi connectivity index (χ3v) is 2.85. The fourth-order valence-corrected chi connectivity index (χ4v) is 1.48. The Bertz CT molecular complexity index is 394. The molecule has 5 heteroatoms. The fraction of sp³-hybridized carbons (Fsp3) is 0.636. The van der Waals surface area contributed by atoms with Gasteiger partial charge in [-0.3, -0.25) is 10.1 Å². The molecule has 16 heavy (non-hydrogen) atoms. The molecule has 0 fully saturated rings. The van der Waals surface area contributed by atoms with Gasteiger partial charge in [0.2, 0.25) is 11.6 Å². The van der Waals surface area contributed by atoms with Crippen LogP contribution in [-0.4, -0.2) is 17.1 Å². The van der Waals surface area contributed by atoms with Crippen LogP contribution in [0.1, 0.15) is 33.4 Å². The molecule has 0 aliphatic heterocycles. The van der Waals surface area contributed by atoms with Gasteiger partial charge in [0.05, 0.1) is 17.6 Å². The monoisotopic (exact) mass is 227 g/mol. The van der Waals surface area contributed by atoms with Crippen LogP contribution < -0.4 is 10.1 Å². The number of nitrogens with one attached hydrogen (secondary N) is 1. The van der Waals surface area contributed by atoms with Crippen molar-refractivity contribution < 1.29 is 19.2 Å². The largest absolute Gasteiger partial charge is 0.392 e. The van der Waals surface area contributed by atoms with Crippen LogP contribution in [0.3, 0.4) is 0 Å². The van der Waals surface area contributed by atoms with Crippen molar-refractivity contribution in [2.45, 2.75) is 39.2 Å². The number of rotatable bonds is 3. The Kier molecular flexibility index (Phi) is 3.38. The second-order valence-corrected chi connectivity index (χ2v) is 4.56. The zero-order valence-electron chi connectivity index (χ0n) is 10.4. The van der Waals surface area contributed by atoms with Crippen LogP contribution in [0.25, 0.3) is 0 Å². The van der Waals surface area contributed by atoms with E-state index in [4.69, 9.17) is 4.52 Å². The highest BCUT2D eigenvalue weighted by Crippen LogP contribution is 2.26. The molecule has 0 aromatic carbocycles. The van der Waals surface area contributed by atoms with E-state index in [0.717, 1.165) is 5.69 Å². The average molecular weight is 227 g/mol. The normalized spacial score (nSPS) is 13.6. The Labute approximate surface area is 95.0 Å². The van der Waals surface area contributed by atoms with Crippen LogP contribution in [0.2, 0.25) is 0 Å². The van der Waals surface area contributed by atoms with Gasteiger partial charge in [0.1, 0.15) is 0 Å². The number of carbonyl (C=O) groups is 1. The Morgan fingerprint density at radius 3 is 2.62 bits per heavy atom. The summed E-state index contributed by atoms with van der Waals surface area (Å²) in [6.07, 6.45) is -0.513. The zero-order chi connectivity index (χ0) is 12.5. The third-order valence-electron chi connectivity index (χ3n) is 2.85. The van der Waals surface area contributed by atoms with Crippen molar-refractivity contribution in [3.8, 4) is 0 Å². The minimum absolute atomic E-state index is 0.184. The minimum Gasteiger partial charge on any atom is -0.392 e. The number of anilines is 1. The van der Waals surface area contributed by atoms with Crippen LogP contribution >= 0.6 is 0 Å². The molecule has 90 valence electrons. The Hall–Kier alpha value is -1.36. The van der Waals surface area contributed by atoms with E-state index in [1.54, 1.807) is 24.8 Å². The fourth-order valence-electron chi connectivity index (χ4n) is 1.48. The highest BCUT2D eigenvalue weighted by atomic mass is 16.5. The van der Waals surface area contributed by atoms with Crippen molar-refractivity contribution >= 4 is 11.8 Å². The van der Waals surface area contributed by atoms with Crippen LogP contribution in [-0.2, 0) is 17.3 Å². The first-order valence-corrected chi connectivity index (χ1v) is 5.21. The van der Waals surface area contributed by atoms with Gasteiger partial charge in [-0.2, -0.15) is 0 Å². The number of aryl methyl sites for hydroxylation is 1. The number of amides is 1. The zero-order valence-corrected chi connectivity index (χ0v) is 10.4. The molecule has 0 saturated heterocycles. The Morgan fingerprint density at radius 1 is 1.62 bits per heavy atom. The molecule has 1 aromatic rings. The maximum atomic E-state index is 10.9. The minimum atomic E-state index is -0.513. The van der Waals surface area contributed by atoms with Crippen molar-refractivity contribution in [2.24, 2.45) is 7.05 Å². The summed E-state index contributed by atoms with van der Waals surface area (Å²) in [5, 5.41) is 12.3. The van der Waals surface area contributed by atoms with Gasteiger partial charge in [0, 0.05) is 6.92 Å². The second-order valence-electron chi connectivity index (χ2n) is 4.56. The van der Waals surface area contributed by atoms with Crippen molar-refractivity contribution in [3.05, 3.63) is 11.8 Å². The molecule has 0 aliphatic carbocycles. The molecule has 2 N–H and O–H groups in total. The van der Waals surface area contributed by atoms with Crippen LogP contribution in [0.15, 0.2) is 10.6 Å². The molecule has 1 amide bonds. The van der Waals surface area contributed by atoms with E-state index in [1.165, 1.54) is 6.92 Å². The highest BCUT2D eigenvalue weighted by Gasteiger charge is 2.37. The van der Waals surface area contributed by atoms with E-state index in [0.29, 0.717) is 5.88 Å². The van der Waals surface area contributed by atoms with E-state index < -0.39 is 11.5 Å². The number of aliphatic hydroxyl groups excluding tert-OH is 1. The number of hydrogen-bond acceptors (Lipinski definition) is 3. The molecule has 0 bridgehead atoms. The van der Waals surface area contributed by atoms with Gasteiger partial charge in [-0.15, -0.1) is 0 Å². The molecule has 1 aromatic heterocycles. The number of aliphatic hydroxyl groups is 1. The summed E-state index contributed by atoms with van der Waals surface area (Å²) in [6, 6.07) is 1.73. The van der Waals surface area contributed by atoms with Gasteiger partial charge in [0.25, 0.3) is 5.88 Å². The lowest BCUT2D eigenvalue weighted by molar-refractivity contribution is -0.850. The summed E-state index contributed by atoms with van der Waals surface area (Å²) in [6.45, 7) is 6.98. The maximum Gasteiger partial charge on any atom is 0.282 e. The molecule has 1 atom stereocenters. The lowest BCUT2D eigenvalue weighted by Gasteiger charge is -2.21. The molecule has 5 nitrogen and oxygen atoms in total. The summed E-state index contributed by atoms with van der Waals surface area (Å²) in [5.41, 5.74) is 0.390. The quantitative estimate of drug-likeness (QED) is 0.748. The summed E-state index contributed by atoms with van der Waals surface area (Å²) in [5.74, 6) is 0.203. The Balaban J connectivity index is 3.06. The molecular formula is C11H19N2O3+. The van der Waals surface area contributed by atoms with Gasteiger partial charge in [-0.25, -0.2) is 4.52 Å². The first-order valence-electron chi connectivity index (χ1n) is 5.21.